The monoisotopic (exact) mass is 559 g/mol. The summed E-state index contributed by atoms with van der Waals surface area (Å²) in [6.07, 6.45) is 1.96. The zero-order valence-electron chi connectivity index (χ0n) is 22.0. The van der Waals surface area contributed by atoms with E-state index in [0.717, 1.165) is 21.6 Å². The number of rotatable bonds is 10. The molecule has 1 aliphatic carbocycles. The number of carbonyl (C=O) groups excluding carboxylic acids is 2. The number of carbonyl (C=O) groups is 2. The summed E-state index contributed by atoms with van der Waals surface area (Å²) in [6.45, 7) is -0.569. The Kier molecular flexibility index (Phi) is 8.61. The lowest BCUT2D eigenvalue weighted by Gasteiger charge is -2.36. The quantitative estimate of drug-likeness (QED) is 0.168. The maximum absolute atomic E-state index is 13.5. The van der Waals surface area contributed by atoms with E-state index in [2.05, 4.69) is 0 Å². The Bertz CT molecular complexity index is 1400. The van der Waals surface area contributed by atoms with E-state index in [-0.39, 0.29) is 37.1 Å². The number of allylic oxidation sites excluding steroid dienone is 1. The number of hydrogen-bond donors (Lipinski definition) is 4. The first-order valence-electron chi connectivity index (χ1n) is 13.5. The zero-order chi connectivity index (χ0) is 28.2. The fourth-order valence-corrected chi connectivity index (χ4v) is 6.75. The van der Waals surface area contributed by atoms with Crippen LogP contribution < -0.4 is 0 Å². The van der Waals surface area contributed by atoms with Crippen molar-refractivity contribution >= 4 is 34.8 Å². The van der Waals surface area contributed by atoms with Gasteiger partial charge in [-0.05, 0) is 70.7 Å². The first-order valence-corrected chi connectivity index (χ1v) is 14.3. The summed E-state index contributed by atoms with van der Waals surface area (Å²) >= 11 is 1.47. The van der Waals surface area contributed by atoms with Gasteiger partial charge in [0.05, 0.1) is 37.7 Å². The smallest absolute Gasteiger partial charge is 0.234 e. The Morgan fingerprint density at radius 2 is 1.75 bits per heavy atom. The molecule has 4 N–H and O–H groups in total. The van der Waals surface area contributed by atoms with E-state index in [0.29, 0.717) is 24.0 Å². The predicted molar refractivity (Wildman–Crippen MR) is 154 cm³/mol. The molecule has 40 heavy (non-hydrogen) atoms. The van der Waals surface area contributed by atoms with E-state index < -0.39 is 30.5 Å². The van der Waals surface area contributed by atoms with Gasteiger partial charge in [-0.3, -0.25) is 14.5 Å². The summed E-state index contributed by atoms with van der Waals surface area (Å²) < 4.78 is 0. The molecule has 1 saturated heterocycles. The maximum atomic E-state index is 13.5. The van der Waals surface area contributed by atoms with Gasteiger partial charge in [0, 0.05) is 10.8 Å². The number of amides is 2. The van der Waals surface area contributed by atoms with Gasteiger partial charge >= 0.3 is 0 Å². The van der Waals surface area contributed by atoms with Crippen LogP contribution >= 0.6 is 11.3 Å². The van der Waals surface area contributed by atoms with E-state index in [1.807, 2.05) is 66.1 Å². The lowest BCUT2D eigenvalue weighted by molar-refractivity contribution is -0.140. The third-order valence-electron chi connectivity index (χ3n) is 7.98. The van der Waals surface area contributed by atoms with Gasteiger partial charge in [-0.2, -0.15) is 0 Å². The number of benzene rings is 2. The van der Waals surface area contributed by atoms with Crippen LogP contribution in [0.3, 0.4) is 0 Å². The Hall–Kier alpha value is -3.56. The second kappa shape index (κ2) is 12.3. The lowest BCUT2D eigenvalue weighted by Crippen LogP contribution is -2.39. The molecule has 1 aromatic heterocycles. The van der Waals surface area contributed by atoms with Crippen LogP contribution in [0.1, 0.15) is 35.3 Å². The number of nitrogens with zero attached hydrogens (tertiary/aromatic N) is 1. The molecule has 5 rings (SSSR count). The highest BCUT2D eigenvalue weighted by Crippen LogP contribution is 2.46. The van der Waals surface area contributed by atoms with Crippen LogP contribution in [-0.2, 0) is 16.1 Å². The van der Waals surface area contributed by atoms with Crippen LogP contribution in [0.25, 0.3) is 11.6 Å². The van der Waals surface area contributed by atoms with Crippen molar-refractivity contribution in [2.75, 3.05) is 13.2 Å². The van der Waals surface area contributed by atoms with Crippen molar-refractivity contribution in [2.24, 2.45) is 17.8 Å². The molecule has 8 heteroatoms. The zero-order valence-corrected chi connectivity index (χ0v) is 22.8. The number of fused-ring (bicyclic) bond motifs is 1. The molecule has 7 nitrogen and oxygen atoms in total. The molecule has 2 amide bonds. The third-order valence-corrected chi connectivity index (χ3v) is 8.84. The average Bonchev–Trinajstić information content (AvgIpc) is 3.58. The largest absolute Gasteiger partial charge is 0.508 e. The second-order valence-electron chi connectivity index (χ2n) is 10.4. The van der Waals surface area contributed by atoms with Crippen molar-refractivity contribution in [1.29, 1.82) is 0 Å². The van der Waals surface area contributed by atoms with Crippen LogP contribution in [0.4, 0.5) is 0 Å². The lowest BCUT2D eigenvalue weighted by atomic mass is 9.68. The summed E-state index contributed by atoms with van der Waals surface area (Å²) in [4.78, 5) is 28.9. The Balaban J connectivity index is 1.39. The van der Waals surface area contributed by atoms with Crippen molar-refractivity contribution in [3.63, 3.8) is 0 Å². The summed E-state index contributed by atoms with van der Waals surface area (Å²) in [5, 5.41) is 43.7. The predicted octanol–water partition coefficient (Wildman–Crippen LogP) is 4.24. The molecule has 0 spiro atoms. The first kappa shape index (κ1) is 28.0. The van der Waals surface area contributed by atoms with Gasteiger partial charge in [0.25, 0.3) is 0 Å². The molecule has 3 aromatic rings. The highest BCUT2D eigenvalue weighted by molar-refractivity contribution is 7.09. The van der Waals surface area contributed by atoms with Crippen LogP contribution in [0.5, 0.6) is 5.75 Å². The minimum atomic E-state index is -1.01. The van der Waals surface area contributed by atoms with Gasteiger partial charge in [0.1, 0.15) is 5.75 Å². The fraction of sp³-hybridized carbons (Fsp3) is 0.312. The summed E-state index contributed by atoms with van der Waals surface area (Å²) in [7, 11) is 0. The van der Waals surface area contributed by atoms with Crippen LogP contribution in [0, 0.1) is 17.8 Å². The van der Waals surface area contributed by atoms with Crippen LogP contribution in [0.2, 0.25) is 0 Å². The molecular formula is C32H33NO6S. The Morgan fingerprint density at radius 1 is 1.00 bits per heavy atom. The van der Waals surface area contributed by atoms with Crippen molar-refractivity contribution in [1.82, 2.24) is 4.90 Å². The van der Waals surface area contributed by atoms with E-state index in [1.165, 1.54) is 16.2 Å². The van der Waals surface area contributed by atoms with E-state index >= 15 is 0 Å². The normalized spacial score (nSPS) is 22.1. The van der Waals surface area contributed by atoms with Crippen molar-refractivity contribution in [3.8, 4) is 5.75 Å². The number of aliphatic hydroxyl groups excluding tert-OH is 3. The summed E-state index contributed by atoms with van der Waals surface area (Å²) in [6, 6.07) is 20.4. The molecule has 0 saturated carbocycles. The van der Waals surface area contributed by atoms with Gasteiger partial charge in [-0.1, -0.05) is 54.6 Å². The third kappa shape index (κ3) is 5.67. The summed E-state index contributed by atoms with van der Waals surface area (Å²) in [5.74, 6) is -2.61. The number of phenolic OH excluding ortho intramolecular Hbond substituents is 1. The van der Waals surface area contributed by atoms with Gasteiger partial charge < -0.3 is 20.4 Å². The van der Waals surface area contributed by atoms with Gasteiger partial charge in [-0.25, -0.2) is 0 Å². The van der Waals surface area contributed by atoms with Gasteiger partial charge in [-0.15, -0.1) is 11.3 Å². The molecule has 1 fully saturated rings. The van der Waals surface area contributed by atoms with Crippen LogP contribution in [-0.4, -0.2) is 56.5 Å². The van der Waals surface area contributed by atoms with E-state index in [1.54, 1.807) is 12.1 Å². The first-order chi connectivity index (χ1) is 19.4. The fourth-order valence-electron chi connectivity index (χ4n) is 6.06. The molecule has 4 atom stereocenters. The number of hydrogen-bond acceptors (Lipinski definition) is 7. The minimum Gasteiger partial charge on any atom is -0.508 e. The molecular weight excluding hydrogens is 526 g/mol. The Morgan fingerprint density at radius 3 is 2.40 bits per heavy atom. The number of thiophene rings is 1. The maximum Gasteiger partial charge on any atom is 0.234 e. The van der Waals surface area contributed by atoms with Crippen molar-refractivity contribution in [2.45, 2.75) is 31.9 Å². The number of aromatic hydroxyl groups is 1. The molecule has 208 valence electrons. The molecule has 2 aromatic carbocycles. The molecule has 0 radical (unpaired) electrons. The molecule has 1 aliphatic heterocycles. The second-order valence-corrected chi connectivity index (χ2v) is 11.4. The van der Waals surface area contributed by atoms with E-state index in [9.17, 15) is 30.0 Å². The van der Waals surface area contributed by atoms with Gasteiger partial charge in [0.15, 0.2) is 0 Å². The minimum absolute atomic E-state index is 0.178. The molecule has 0 unspecified atom stereocenters. The highest BCUT2D eigenvalue weighted by atomic mass is 32.1. The van der Waals surface area contributed by atoms with Crippen molar-refractivity contribution < 1.29 is 30.0 Å². The van der Waals surface area contributed by atoms with Crippen molar-refractivity contribution in [3.05, 3.63) is 99.3 Å². The van der Waals surface area contributed by atoms with Crippen LogP contribution in [0.15, 0.2) is 83.3 Å². The standard InChI is InChI=1S/C32H33NO6S/c34-18-23-16-26-30(32(39)33(31(26)38)17-25-7-4-14-40-25)27(19-35)29(23)28(37)13-10-22(21-5-2-1-3-6-21)15-20-8-11-24(36)12-9-20/h1-9,11-12,14-15,26-28,30,34-37H,10,13,16-19H2/b22-15-/t26-,27+,28-,30-/m1/s1. The Labute approximate surface area is 237 Å². The molecule has 0 bridgehead atoms. The highest BCUT2D eigenvalue weighted by Gasteiger charge is 2.54. The number of imide groups is 1. The number of likely N-dealkylation sites (tertiary alicyclic amines) is 1. The molecule has 2 aliphatic rings. The number of aliphatic hydroxyl groups is 3. The van der Waals surface area contributed by atoms with Gasteiger partial charge in [0.2, 0.25) is 11.8 Å². The molecule has 2 heterocycles. The number of phenols is 1. The topological polar surface area (TPSA) is 118 Å². The van der Waals surface area contributed by atoms with E-state index in [4.69, 9.17) is 0 Å². The average molecular weight is 560 g/mol. The SMILES string of the molecule is O=C1[C@@H]2[C@@H](CC(CO)=C([C@H](O)CC/C(=C/c3ccc(O)cc3)c3ccccc3)[C@@H]2CO)C(=O)N1Cc1cccs1. The summed E-state index contributed by atoms with van der Waals surface area (Å²) in [5.41, 5.74) is 3.86.